The maximum atomic E-state index is 10.5. The van der Waals surface area contributed by atoms with Crippen molar-refractivity contribution in [1.82, 2.24) is 29.8 Å². The number of hydrazine groups is 1. The highest BCUT2D eigenvalue weighted by Gasteiger charge is 2.22. The molecule has 3 aromatic rings. The molecule has 0 aliphatic carbocycles. The van der Waals surface area contributed by atoms with Crippen LogP contribution in [0.25, 0.3) is 5.82 Å². The first kappa shape index (κ1) is 17.3. The van der Waals surface area contributed by atoms with Crippen LogP contribution in [0.5, 0.6) is 0 Å². The predicted octanol–water partition coefficient (Wildman–Crippen LogP) is 2.18. The van der Waals surface area contributed by atoms with Gasteiger partial charge in [0, 0.05) is 37.7 Å². The number of hydrogen-bond donors (Lipinski definition) is 3. The van der Waals surface area contributed by atoms with Crippen molar-refractivity contribution in [2.75, 3.05) is 18.9 Å². The SMILES string of the molecule is Cc1cc(NC2=CN(N(C)CC(O)c3ccccc3)Cc3nccn32)n[nH]1. The first-order chi connectivity index (χ1) is 13.1. The van der Waals surface area contributed by atoms with E-state index in [0.717, 1.165) is 28.7 Å². The second kappa shape index (κ2) is 7.26. The van der Waals surface area contributed by atoms with E-state index in [1.807, 2.05) is 77.4 Å². The van der Waals surface area contributed by atoms with Crippen LogP contribution in [0.4, 0.5) is 5.82 Å². The molecule has 0 fully saturated rings. The summed E-state index contributed by atoms with van der Waals surface area (Å²) in [6.45, 7) is 3.05. The molecule has 1 aliphatic rings. The van der Waals surface area contributed by atoms with Gasteiger partial charge in [-0.2, -0.15) is 5.10 Å². The molecule has 1 aliphatic heterocycles. The van der Waals surface area contributed by atoms with Crippen molar-refractivity contribution in [2.45, 2.75) is 19.6 Å². The highest BCUT2D eigenvalue weighted by molar-refractivity contribution is 5.63. The number of aliphatic hydroxyl groups is 1. The number of hydrogen-bond acceptors (Lipinski definition) is 6. The quantitative estimate of drug-likeness (QED) is 0.621. The largest absolute Gasteiger partial charge is 0.387 e. The normalized spacial score (nSPS) is 14.8. The first-order valence-corrected chi connectivity index (χ1v) is 8.84. The smallest absolute Gasteiger partial charge is 0.153 e. The van der Waals surface area contributed by atoms with Crippen LogP contribution in [0.2, 0.25) is 0 Å². The van der Waals surface area contributed by atoms with Crippen LogP contribution in [0, 0.1) is 6.92 Å². The molecule has 140 valence electrons. The summed E-state index contributed by atoms with van der Waals surface area (Å²) >= 11 is 0. The molecule has 3 N–H and O–H groups in total. The second-order valence-corrected chi connectivity index (χ2v) is 6.65. The van der Waals surface area contributed by atoms with Gasteiger partial charge in [-0.15, -0.1) is 0 Å². The minimum absolute atomic E-state index is 0.468. The Bertz CT molecular complexity index is 930. The van der Waals surface area contributed by atoms with Gasteiger partial charge in [-0.25, -0.2) is 9.99 Å². The molecule has 0 spiro atoms. The average molecular weight is 365 g/mol. The number of nitrogens with zero attached hydrogens (tertiary/aromatic N) is 5. The number of fused-ring (bicyclic) bond motifs is 1. The maximum Gasteiger partial charge on any atom is 0.153 e. The Morgan fingerprint density at radius 3 is 2.89 bits per heavy atom. The van der Waals surface area contributed by atoms with E-state index in [4.69, 9.17) is 0 Å². The summed E-state index contributed by atoms with van der Waals surface area (Å²) in [5.74, 6) is 2.50. The third-order valence-corrected chi connectivity index (χ3v) is 4.57. The highest BCUT2D eigenvalue weighted by Crippen LogP contribution is 2.22. The molecule has 8 heteroatoms. The summed E-state index contributed by atoms with van der Waals surface area (Å²) in [5, 5.41) is 25.1. The molecule has 0 bridgehead atoms. The van der Waals surface area contributed by atoms with Gasteiger partial charge in [0.2, 0.25) is 0 Å². The number of rotatable bonds is 6. The van der Waals surface area contributed by atoms with Crippen LogP contribution < -0.4 is 5.32 Å². The summed E-state index contributed by atoms with van der Waals surface area (Å²) < 4.78 is 2.00. The topological polar surface area (TPSA) is 85.2 Å². The lowest BCUT2D eigenvalue weighted by atomic mass is 10.1. The minimum atomic E-state index is -0.573. The molecule has 1 atom stereocenters. The third kappa shape index (κ3) is 3.71. The fourth-order valence-electron chi connectivity index (χ4n) is 3.13. The third-order valence-electron chi connectivity index (χ3n) is 4.57. The summed E-state index contributed by atoms with van der Waals surface area (Å²) in [6.07, 6.45) is 5.13. The van der Waals surface area contributed by atoms with Gasteiger partial charge in [-0.05, 0) is 12.5 Å². The fourth-order valence-corrected chi connectivity index (χ4v) is 3.13. The zero-order valence-corrected chi connectivity index (χ0v) is 15.4. The van der Waals surface area contributed by atoms with E-state index in [9.17, 15) is 5.11 Å². The zero-order chi connectivity index (χ0) is 18.8. The molecular weight excluding hydrogens is 342 g/mol. The number of aromatic amines is 1. The van der Waals surface area contributed by atoms with E-state index < -0.39 is 6.10 Å². The van der Waals surface area contributed by atoms with E-state index in [2.05, 4.69) is 20.5 Å². The lowest BCUT2D eigenvalue weighted by molar-refractivity contribution is -0.00511. The Labute approximate surface area is 157 Å². The molecule has 1 unspecified atom stereocenters. The van der Waals surface area contributed by atoms with Crippen LogP contribution in [0.3, 0.4) is 0 Å². The molecule has 0 amide bonds. The van der Waals surface area contributed by atoms with Crippen molar-refractivity contribution in [3.05, 3.63) is 72.1 Å². The van der Waals surface area contributed by atoms with Gasteiger partial charge in [0.25, 0.3) is 0 Å². The summed E-state index contributed by atoms with van der Waals surface area (Å²) in [5.41, 5.74) is 1.89. The number of aromatic nitrogens is 4. The van der Waals surface area contributed by atoms with Gasteiger partial charge in [0.1, 0.15) is 11.6 Å². The van der Waals surface area contributed by atoms with Crippen LogP contribution in [0.1, 0.15) is 23.2 Å². The van der Waals surface area contributed by atoms with Gasteiger partial charge in [0.15, 0.2) is 5.82 Å². The van der Waals surface area contributed by atoms with Crippen LogP contribution in [-0.2, 0) is 6.54 Å². The van der Waals surface area contributed by atoms with Crippen molar-refractivity contribution >= 4 is 11.6 Å². The van der Waals surface area contributed by atoms with Gasteiger partial charge in [0.05, 0.1) is 18.8 Å². The first-order valence-electron chi connectivity index (χ1n) is 8.84. The number of aliphatic hydroxyl groups excluding tert-OH is 1. The number of aryl methyl sites for hydroxylation is 1. The average Bonchev–Trinajstić information content (AvgIpc) is 3.31. The molecule has 1 aromatic carbocycles. The number of imidazole rings is 1. The number of H-pyrrole nitrogens is 1. The van der Waals surface area contributed by atoms with Crippen molar-refractivity contribution < 1.29 is 5.11 Å². The van der Waals surface area contributed by atoms with Gasteiger partial charge in [-0.1, -0.05) is 30.3 Å². The van der Waals surface area contributed by atoms with E-state index in [0.29, 0.717) is 13.1 Å². The Hall–Kier alpha value is -3.10. The van der Waals surface area contributed by atoms with Crippen LogP contribution in [-0.4, -0.2) is 48.5 Å². The Balaban J connectivity index is 1.52. The number of anilines is 1. The second-order valence-electron chi connectivity index (χ2n) is 6.65. The van der Waals surface area contributed by atoms with Crippen molar-refractivity contribution in [3.8, 4) is 0 Å². The summed E-state index contributed by atoms with van der Waals surface area (Å²) in [6, 6.07) is 11.6. The summed E-state index contributed by atoms with van der Waals surface area (Å²) in [7, 11) is 1.96. The zero-order valence-electron chi connectivity index (χ0n) is 15.4. The fraction of sp³-hybridized carbons (Fsp3) is 0.263. The Kier molecular flexibility index (Phi) is 4.66. The molecule has 2 aromatic heterocycles. The van der Waals surface area contributed by atoms with Gasteiger partial charge >= 0.3 is 0 Å². The number of nitrogens with one attached hydrogen (secondary N) is 2. The minimum Gasteiger partial charge on any atom is -0.387 e. The Morgan fingerprint density at radius 1 is 1.33 bits per heavy atom. The van der Waals surface area contributed by atoms with Crippen molar-refractivity contribution in [1.29, 1.82) is 0 Å². The monoisotopic (exact) mass is 365 g/mol. The molecule has 0 radical (unpaired) electrons. The lowest BCUT2D eigenvalue weighted by Gasteiger charge is -2.35. The molecular formula is C19H23N7O. The predicted molar refractivity (Wildman–Crippen MR) is 103 cm³/mol. The van der Waals surface area contributed by atoms with Crippen molar-refractivity contribution in [2.24, 2.45) is 0 Å². The summed E-state index contributed by atoms with van der Waals surface area (Å²) in [4.78, 5) is 4.45. The molecule has 3 heterocycles. The molecule has 0 saturated carbocycles. The number of benzene rings is 1. The molecule has 8 nitrogen and oxygen atoms in total. The van der Waals surface area contributed by atoms with Gasteiger partial charge < -0.3 is 15.4 Å². The molecule has 4 rings (SSSR count). The maximum absolute atomic E-state index is 10.5. The highest BCUT2D eigenvalue weighted by atomic mass is 16.3. The van der Waals surface area contributed by atoms with E-state index in [1.165, 1.54) is 0 Å². The van der Waals surface area contributed by atoms with Gasteiger partial charge in [-0.3, -0.25) is 9.67 Å². The van der Waals surface area contributed by atoms with Crippen LogP contribution in [0.15, 0.2) is 55.0 Å². The standard InChI is InChI=1S/C19H23N7O/c1-14-10-17(23-22-14)21-19-13-25(12-18-20-8-9-26(18)19)24(2)11-16(27)15-6-4-3-5-7-15/h3-10,13,16,27H,11-12H2,1-2H3,(H2,21,22,23). The number of likely N-dealkylation sites (N-methyl/N-ethyl adjacent to an activating group) is 1. The Morgan fingerprint density at radius 2 is 2.15 bits per heavy atom. The van der Waals surface area contributed by atoms with E-state index in [1.54, 1.807) is 6.20 Å². The lowest BCUT2D eigenvalue weighted by Crippen LogP contribution is -2.41. The van der Waals surface area contributed by atoms with Crippen molar-refractivity contribution in [3.63, 3.8) is 0 Å². The van der Waals surface area contributed by atoms with E-state index in [-0.39, 0.29) is 0 Å². The molecule has 0 saturated heterocycles. The van der Waals surface area contributed by atoms with Crippen LogP contribution >= 0.6 is 0 Å². The molecule has 27 heavy (non-hydrogen) atoms. The van der Waals surface area contributed by atoms with E-state index >= 15 is 0 Å².